The monoisotopic (exact) mass is 1450 g/mol. The van der Waals surface area contributed by atoms with Crippen LogP contribution in [0, 0.1) is 0 Å². The van der Waals surface area contributed by atoms with Gasteiger partial charge in [0.25, 0.3) is 0 Å². The van der Waals surface area contributed by atoms with Gasteiger partial charge in [-0.15, -0.1) is 0 Å². The van der Waals surface area contributed by atoms with E-state index in [0.717, 1.165) is 5.69 Å². The van der Waals surface area contributed by atoms with E-state index in [1.807, 2.05) is 0 Å². The van der Waals surface area contributed by atoms with Gasteiger partial charge in [0.2, 0.25) is 0 Å². The van der Waals surface area contributed by atoms with Crippen LogP contribution in [-0.4, -0.2) is 18.3 Å². The molecule has 114 heavy (non-hydrogen) atoms. The first-order valence-corrected chi connectivity index (χ1v) is 39.9. The highest BCUT2D eigenvalue weighted by Crippen LogP contribution is 2.56. The maximum atomic E-state index is 2.48. The van der Waals surface area contributed by atoms with Crippen LogP contribution in [-0.2, 0) is 10.8 Å². The molecule has 0 atom stereocenters. The predicted octanol–water partition coefficient (Wildman–Crippen LogP) is 29.3. The maximum Gasteiger partial charge on any atom is 0.0547 e. The van der Waals surface area contributed by atoms with Gasteiger partial charge in [-0.05, 0) is 232 Å². The number of aromatic nitrogens is 4. The fourth-order valence-corrected chi connectivity index (χ4v) is 20.0. The third-order valence-corrected chi connectivity index (χ3v) is 25.4. The van der Waals surface area contributed by atoms with Crippen LogP contribution < -0.4 is 0 Å². The third kappa shape index (κ3) is 9.90. The molecule has 22 aromatic rings. The molecule has 0 spiro atoms. The van der Waals surface area contributed by atoms with Crippen molar-refractivity contribution in [2.45, 2.75) is 38.5 Å². The van der Waals surface area contributed by atoms with Gasteiger partial charge >= 0.3 is 0 Å². The van der Waals surface area contributed by atoms with Crippen molar-refractivity contribution >= 4 is 109 Å². The number of nitrogens with zero attached hydrogens (tertiary/aromatic N) is 4. The molecule has 536 valence electrons. The first-order chi connectivity index (χ1) is 56.1. The Labute approximate surface area is 661 Å². The summed E-state index contributed by atoms with van der Waals surface area (Å²) in [5, 5.41) is 15.3. The van der Waals surface area contributed by atoms with E-state index in [9.17, 15) is 0 Å². The maximum absolute atomic E-state index is 2.48. The molecule has 0 bridgehead atoms. The molecule has 0 saturated carbocycles. The first-order valence-electron chi connectivity index (χ1n) is 39.9. The average molecular weight is 1450 g/mol. The molecular formula is C110H76N4. The molecule has 0 fully saturated rings. The van der Waals surface area contributed by atoms with Crippen molar-refractivity contribution in [2.24, 2.45) is 0 Å². The molecule has 4 heterocycles. The summed E-state index contributed by atoms with van der Waals surface area (Å²) in [6.07, 6.45) is 0. The summed E-state index contributed by atoms with van der Waals surface area (Å²) in [6.45, 7) is 9.55. The molecule has 0 saturated heterocycles. The molecule has 4 heteroatoms. The zero-order chi connectivity index (χ0) is 75.7. The van der Waals surface area contributed by atoms with Crippen LogP contribution in [0.25, 0.3) is 198 Å². The fourth-order valence-electron chi connectivity index (χ4n) is 20.0. The lowest BCUT2D eigenvalue weighted by atomic mass is 9.80. The average Bonchev–Trinajstić information content (AvgIpc) is 1.56. The lowest BCUT2D eigenvalue weighted by Crippen LogP contribution is -2.15. The van der Waals surface area contributed by atoms with Gasteiger partial charge in [0.1, 0.15) is 0 Å². The van der Waals surface area contributed by atoms with Crippen LogP contribution in [0.5, 0.6) is 0 Å². The van der Waals surface area contributed by atoms with E-state index in [1.165, 1.54) is 215 Å². The number of rotatable bonds is 8. The van der Waals surface area contributed by atoms with E-state index < -0.39 is 0 Å². The van der Waals surface area contributed by atoms with Gasteiger partial charge < -0.3 is 18.3 Å². The van der Waals surface area contributed by atoms with E-state index in [0.29, 0.717) is 0 Å². The summed E-state index contributed by atoms with van der Waals surface area (Å²) in [4.78, 5) is 0. The fraction of sp³-hybridized carbons (Fsp3) is 0.0545. The zero-order valence-corrected chi connectivity index (χ0v) is 63.7. The third-order valence-electron chi connectivity index (χ3n) is 25.4. The molecule has 2 aliphatic carbocycles. The molecule has 4 nitrogen and oxygen atoms in total. The Balaban J connectivity index is 0.000000135. The van der Waals surface area contributed by atoms with Gasteiger partial charge in [-0.3, -0.25) is 0 Å². The quantitative estimate of drug-likeness (QED) is 0.144. The Hall–Kier alpha value is -14.3. The summed E-state index contributed by atoms with van der Waals surface area (Å²) in [7, 11) is 0. The molecular weight excluding hydrogens is 1380 g/mol. The second-order valence-electron chi connectivity index (χ2n) is 32.3. The normalized spacial score (nSPS) is 13.2. The van der Waals surface area contributed by atoms with Gasteiger partial charge in [-0.25, -0.2) is 0 Å². The van der Waals surface area contributed by atoms with Gasteiger partial charge in [-0.1, -0.05) is 295 Å². The Bertz CT molecular complexity index is 7750. The van der Waals surface area contributed by atoms with Crippen molar-refractivity contribution in [2.75, 3.05) is 0 Å². The van der Waals surface area contributed by atoms with E-state index in [-0.39, 0.29) is 10.8 Å². The van der Waals surface area contributed by atoms with Gasteiger partial charge in [0.15, 0.2) is 0 Å². The van der Waals surface area contributed by atoms with E-state index in [4.69, 9.17) is 0 Å². The second kappa shape index (κ2) is 25.1. The minimum absolute atomic E-state index is 0.0895. The minimum Gasteiger partial charge on any atom is -0.309 e. The molecule has 24 rings (SSSR count). The molecule has 18 aromatic carbocycles. The summed E-state index contributed by atoms with van der Waals surface area (Å²) < 4.78 is 9.79. The smallest absolute Gasteiger partial charge is 0.0547 e. The predicted molar refractivity (Wildman–Crippen MR) is 482 cm³/mol. The SMILES string of the molecule is CC1(C)c2ccccc2-c2c1ccc1c2c2cc(-c3ccc4c(c3)c3ccccc3n4-c3ccc4ccccc4c3)ccc2n1-c1ccc(-c2ccccc2)cc1.CC1(C)c2ccccc2-c2ccc3c(c21)c1cc(-c2ccc4c(c2)c2ccccc2n4-c2ccc4ccccc4c2)ccc1n3-c1ccc(-c2ccccc2)cc1. The largest absolute Gasteiger partial charge is 0.309 e. The number of hydrogen-bond donors (Lipinski definition) is 0. The number of benzene rings is 18. The minimum atomic E-state index is -0.152. The lowest BCUT2D eigenvalue weighted by Gasteiger charge is -2.22. The molecule has 2 aliphatic rings. The van der Waals surface area contributed by atoms with Crippen molar-refractivity contribution in [3.63, 3.8) is 0 Å². The molecule has 4 aromatic heterocycles. The second-order valence-corrected chi connectivity index (χ2v) is 32.3. The van der Waals surface area contributed by atoms with Crippen LogP contribution in [0.15, 0.2) is 388 Å². The number of fused-ring (bicyclic) bond motifs is 22. The zero-order valence-electron chi connectivity index (χ0n) is 63.7. The Morgan fingerprint density at radius 2 is 0.526 bits per heavy atom. The van der Waals surface area contributed by atoms with Crippen LogP contribution in [0.4, 0.5) is 0 Å². The van der Waals surface area contributed by atoms with Crippen molar-refractivity contribution in [1.29, 1.82) is 0 Å². The Kier molecular flexibility index (Phi) is 14.4. The van der Waals surface area contributed by atoms with E-state index in [1.54, 1.807) is 0 Å². The van der Waals surface area contributed by atoms with Crippen molar-refractivity contribution in [3.8, 4) is 89.5 Å². The highest BCUT2D eigenvalue weighted by atomic mass is 15.0. The molecule has 0 unspecified atom stereocenters. The van der Waals surface area contributed by atoms with Crippen molar-refractivity contribution < 1.29 is 0 Å². The highest BCUT2D eigenvalue weighted by Gasteiger charge is 2.40. The van der Waals surface area contributed by atoms with Crippen LogP contribution in [0.1, 0.15) is 49.9 Å². The summed E-state index contributed by atoms with van der Waals surface area (Å²) in [5.74, 6) is 0. The van der Waals surface area contributed by atoms with Crippen molar-refractivity contribution in [1.82, 2.24) is 18.3 Å². The summed E-state index contributed by atoms with van der Waals surface area (Å²) >= 11 is 0. The Morgan fingerprint density at radius 3 is 1.04 bits per heavy atom. The van der Waals surface area contributed by atoms with E-state index >= 15 is 0 Å². The first kappa shape index (κ1) is 65.6. The summed E-state index contributed by atoms with van der Waals surface area (Å²) in [6, 6.07) is 144. The van der Waals surface area contributed by atoms with Crippen LogP contribution >= 0.6 is 0 Å². The molecule has 0 aliphatic heterocycles. The van der Waals surface area contributed by atoms with Gasteiger partial charge in [-0.2, -0.15) is 0 Å². The highest BCUT2D eigenvalue weighted by molar-refractivity contribution is 6.20. The molecule has 0 amide bonds. The van der Waals surface area contributed by atoms with Crippen molar-refractivity contribution in [3.05, 3.63) is 411 Å². The standard InChI is InChI=1S/2C55H38N2/c1-55(2)47-18-10-8-17-44(47)53-48(55)28-31-52-54(53)46-34-40(24-30-51(46)56(52)41-25-20-37(21-26-41)35-12-4-3-5-13-35)39-23-29-50-45(33-39)43-16-9-11-19-49(43)57(50)42-27-22-36-14-6-7-15-38(36)32-42;1-55(2)48-18-10-8-16-43(48)45-28-31-52-53(54(45)55)47-34-40(24-30-51(47)56(52)41-25-20-37(21-26-41)35-12-4-3-5-13-35)39-23-29-50-46(33-39)44-17-9-11-19-49(44)57(50)42-27-22-36-14-6-7-15-38(36)32-42/h2*3-34H,1-2H3. The molecule has 0 N–H and O–H groups in total. The topological polar surface area (TPSA) is 19.7 Å². The Morgan fingerprint density at radius 1 is 0.184 bits per heavy atom. The molecule has 0 radical (unpaired) electrons. The van der Waals surface area contributed by atoms with Gasteiger partial charge in [0.05, 0.1) is 44.1 Å². The van der Waals surface area contributed by atoms with Crippen LogP contribution in [0.3, 0.4) is 0 Å². The summed E-state index contributed by atoms with van der Waals surface area (Å²) in [5.41, 5.74) is 34.9. The number of para-hydroxylation sites is 2. The number of hydrogen-bond acceptors (Lipinski definition) is 0. The lowest BCUT2D eigenvalue weighted by molar-refractivity contribution is 0.661. The van der Waals surface area contributed by atoms with E-state index in [2.05, 4.69) is 434 Å². The van der Waals surface area contributed by atoms with Crippen LogP contribution in [0.2, 0.25) is 0 Å². The van der Waals surface area contributed by atoms with Gasteiger partial charge in [0, 0.05) is 76.7 Å².